The van der Waals surface area contributed by atoms with Crippen molar-refractivity contribution in [2.45, 2.75) is 71.6 Å². The number of unbranched alkanes of at least 4 members (excludes halogenated alkanes) is 3. The molecule has 7 nitrogen and oxygen atoms in total. The summed E-state index contributed by atoms with van der Waals surface area (Å²) in [7, 11) is 3.45. The highest BCUT2D eigenvalue weighted by molar-refractivity contribution is 5.93. The van der Waals surface area contributed by atoms with Crippen molar-refractivity contribution in [3.05, 3.63) is 47.3 Å². The Bertz CT molecular complexity index is 883. The molecule has 1 aromatic carbocycles. The number of nitrogens with zero attached hydrogens (tertiary/aromatic N) is 3. The summed E-state index contributed by atoms with van der Waals surface area (Å²) in [6.45, 7) is 9.35. The van der Waals surface area contributed by atoms with Crippen LogP contribution in [0.4, 0.5) is 11.6 Å². The molecule has 1 heterocycles. The summed E-state index contributed by atoms with van der Waals surface area (Å²) in [5.41, 5.74) is 3.97. The second-order valence-electron chi connectivity index (χ2n) is 9.11. The van der Waals surface area contributed by atoms with Crippen LogP contribution in [0, 0.1) is 0 Å². The van der Waals surface area contributed by atoms with E-state index in [1.54, 1.807) is 31.4 Å². The Hall–Kier alpha value is -2.96. The van der Waals surface area contributed by atoms with Crippen LogP contribution in [-0.2, 0) is 4.79 Å². The summed E-state index contributed by atoms with van der Waals surface area (Å²) in [5, 5.41) is 6.02. The maximum Gasteiger partial charge on any atom is 0.256 e. The van der Waals surface area contributed by atoms with E-state index in [0.717, 1.165) is 31.4 Å². The van der Waals surface area contributed by atoms with Crippen LogP contribution in [-0.4, -0.2) is 47.3 Å². The van der Waals surface area contributed by atoms with Crippen LogP contribution in [0.5, 0.6) is 0 Å². The minimum atomic E-state index is -0.0858. The van der Waals surface area contributed by atoms with Crippen LogP contribution in [0.3, 0.4) is 0 Å². The third-order valence-corrected chi connectivity index (χ3v) is 5.78. The molecule has 0 aliphatic carbocycles. The number of hydrogen-bond donors (Lipinski definition) is 2. The number of para-hydroxylation sites is 1. The first kappa shape index (κ1) is 26.3. The molecular weight excluding hydrogens is 414 g/mol. The van der Waals surface area contributed by atoms with E-state index in [4.69, 9.17) is 0 Å². The lowest BCUT2D eigenvalue weighted by Crippen LogP contribution is -2.28. The second-order valence-corrected chi connectivity index (χ2v) is 9.11. The fourth-order valence-corrected chi connectivity index (χ4v) is 3.75. The van der Waals surface area contributed by atoms with Gasteiger partial charge in [0, 0.05) is 45.1 Å². The first-order valence-electron chi connectivity index (χ1n) is 11.9. The molecule has 2 amide bonds. The molecule has 0 aliphatic heterocycles. The van der Waals surface area contributed by atoms with Gasteiger partial charge in [-0.1, -0.05) is 58.7 Å². The molecule has 0 saturated heterocycles. The van der Waals surface area contributed by atoms with Crippen molar-refractivity contribution in [1.29, 1.82) is 0 Å². The number of hydrogen-bond acceptors (Lipinski definition) is 5. The van der Waals surface area contributed by atoms with Gasteiger partial charge in [-0.2, -0.15) is 0 Å². The molecule has 2 rings (SSSR count). The van der Waals surface area contributed by atoms with Crippen molar-refractivity contribution >= 4 is 23.5 Å². The molecular formula is C26H39N5O2. The third-order valence-electron chi connectivity index (χ3n) is 5.78. The zero-order valence-electron chi connectivity index (χ0n) is 20.9. The fourth-order valence-electron chi connectivity index (χ4n) is 3.75. The second kappa shape index (κ2) is 12.9. The molecule has 7 heteroatoms. The summed E-state index contributed by atoms with van der Waals surface area (Å²) in [5.74, 6) is 1.21. The fraction of sp³-hybridized carbons (Fsp3) is 0.538. The first-order chi connectivity index (χ1) is 15.7. The SMILES string of the molecule is CNC(=O)CCCCCCN(C)C(=O)c1cnc(Nc2c(C(C)C)cccc2C(C)C)nc1. The minimum absolute atomic E-state index is 0.0772. The topological polar surface area (TPSA) is 87.2 Å². The number of aromatic nitrogens is 2. The largest absolute Gasteiger partial charge is 0.359 e. The van der Waals surface area contributed by atoms with E-state index >= 15 is 0 Å². The molecule has 0 bridgehead atoms. The van der Waals surface area contributed by atoms with E-state index in [-0.39, 0.29) is 11.8 Å². The lowest BCUT2D eigenvalue weighted by atomic mass is 9.93. The number of carbonyl (C=O) groups excluding carboxylic acids is 2. The number of benzene rings is 1. The van der Waals surface area contributed by atoms with Crippen molar-refractivity contribution in [3.63, 3.8) is 0 Å². The molecule has 0 aliphatic rings. The van der Waals surface area contributed by atoms with Crippen molar-refractivity contribution in [3.8, 4) is 0 Å². The maximum atomic E-state index is 12.7. The van der Waals surface area contributed by atoms with Gasteiger partial charge in [0.2, 0.25) is 11.9 Å². The summed E-state index contributed by atoms with van der Waals surface area (Å²) in [4.78, 5) is 34.5. The molecule has 2 aromatic rings. The van der Waals surface area contributed by atoms with Gasteiger partial charge in [0.05, 0.1) is 5.56 Å². The van der Waals surface area contributed by atoms with Gasteiger partial charge in [0.1, 0.15) is 0 Å². The number of anilines is 2. The summed E-state index contributed by atoms with van der Waals surface area (Å²) in [6.07, 6.45) is 7.48. The lowest BCUT2D eigenvalue weighted by Gasteiger charge is -2.20. The van der Waals surface area contributed by atoms with Gasteiger partial charge in [-0.05, 0) is 35.8 Å². The summed E-state index contributed by atoms with van der Waals surface area (Å²) >= 11 is 0. The number of nitrogens with one attached hydrogen (secondary N) is 2. The average Bonchev–Trinajstić information content (AvgIpc) is 2.80. The van der Waals surface area contributed by atoms with Gasteiger partial charge >= 0.3 is 0 Å². The Balaban J connectivity index is 1.95. The Labute approximate surface area is 198 Å². The average molecular weight is 454 g/mol. The van der Waals surface area contributed by atoms with Gasteiger partial charge in [0.15, 0.2) is 0 Å². The lowest BCUT2D eigenvalue weighted by molar-refractivity contribution is -0.120. The maximum absolute atomic E-state index is 12.7. The van der Waals surface area contributed by atoms with Gasteiger partial charge in [-0.3, -0.25) is 9.59 Å². The van der Waals surface area contributed by atoms with Crippen molar-refractivity contribution in [2.75, 3.05) is 26.0 Å². The van der Waals surface area contributed by atoms with Crippen LogP contribution in [0.15, 0.2) is 30.6 Å². The first-order valence-corrected chi connectivity index (χ1v) is 11.9. The molecule has 33 heavy (non-hydrogen) atoms. The highest BCUT2D eigenvalue weighted by atomic mass is 16.2. The van der Waals surface area contributed by atoms with Crippen molar-refractivity contribution < 1.29 is 9.59 Å². The summed E-state index contributed by atoms with van der Waals surface area (Å²) in [6, 6.07) is 6.35. The molecule has 0 saturated carbocycles. The third kappa shape index (κ3) is 7.84. The van der Waals surface area contributed by atoms with Crippen LogP contribution in [0.2, 0.25) is 0 Å². The Morgan fingerprint density at radius 3 is 2.06 bits per heavy atom. The summed E-state index contributed by atoms with van der Waals surface area (Å²) < 4.78 is 0. The van der Waals surface area contributed by atoms with E-state index in [9.17, 15) is 9.59 Å². The van der Waals surface area contributed by atoms with Crippen molar-refractivity contribution in [1.82, 2.24) is 20.2 Å². The van der Waals surface area contributed by atoms with Crippen LogP contribution >= 0.6 is 0 Å². The quantitative estimate of drug-likeness (QED) is 0.429. The zero-order chi connectivity index (χ0) is 24.4. The molecule has 2 N–H and O–H groups in total. The molecule has 0 unspecified atom stereocenters. The van der Waals surface area contributed by atoms with Gasteiger partial charge < -0.3 is 15.5 Å². The smallest absolute Gasteiger partial charge is 0.256 e. The Morgan fingerprint density at radius 2 is 1.52 bits per heavy atom. The van der Waals surface area contributed by atoms with E-state index in [1.807, 2.05) is 0 Å². The molecule has 0 radical (unpaired) electrons. The van der Waals surface area contributed by atoms with Crippen LogP contribution < -0.4 is 10.6 Å². The van der Waals surface area contributed by atoms with Crippen molar-refractivity contribution in [2.24, 2.45) is 0 Å². The van der Waals surface area contributed by atoms with E-state index in [0.29, 0.717) is 36.3 Å². The zero-order valence-corrected chi connectivity index (χ0v) is 20.9. The predicted octanol–water partition coefficient (Wildman–Crippen LogP) is 5.24. The van der Waals surface area contributed by atoms with Crippen LogP contribution in [0.1, 0.15) is 93.1 Å². The molecule has 0 atom stereocenters. The van der Waals surface area contributed by atoms with E-state index < -0.39 is 0 Å². The Morgan fingerprint density at radius 1 is 0.939 bits per heavy atom. The van der Waals surface area contributed by atoms with Gasteiger partial charge in [-0.15, -0.1) is 0 Å². The number of carbonyl (C=O) groups is 2. The highest BCUT2D eigenvalue weighted by Crippen LogP contribution is 2.33. The van der Waals surface area contributed by atoms with E-state index in [2.05, 4.69) is 66.5 Å². The highest BCUT2D eigenvalue weighted by Gasteiger charge is 2.16. The molecule has 0 spiro atoms. The molecule has 0 fully saturated rings. The normalized spacial score (nSPS) is 11.0. The standard InChI is InChI=1S/C26H39N5O2/c1-18(2)21-12-11-13-22(19(3)4)24(21)30-26-28-16-20(17-29-26)25(33)31(6)15-10-8-7-9-14-23(32)27-5/h11-13,16-19H,7-10,14-15H2,1-6H3,(H,27,32)(H,28,29,30). The number of rotatable bonds is 12. The monoisotopic (exact) mass is 453 g/mol. The van der Waals surface area contributed by atoms with Gasteiger partial charge in [-0.25, -0.2) is 9.97 Å². The molecule has 1 aromatic heterocycles. The van der Waals surface area contributed by atoms with Gasteiger partial charge in [0.25, 0.3) is 5.91 Å². The minimum Gasteiger partial charge on any atom is -0.359 e. The predicted molar refractivity (Wildman–Crippen MR) is 134 cm³/mol. The van der Waals surface area contributed by atoms with E-state index in [1.165, 1.54) is 11.1 Å². The van der Waals surface area contributed by atoms with Crippen LogP contribution in [0.25, 0.3) is 0 Å². The molecule has 180 valence electrons. The number of amides is 2. The Kier molecular flexibility index (Phi) is 10.3.